The highest BCUT2D eigenvalue weighted by Gasteiger charge is 2.39. The van der Waals surface area contributed by atoms with Crippen molar-refractivity contribution in [2.75, 3.05) is 0 Å². The molecule has 2 aromatic carbocycles. The minimum Gasteiger partial charge on any atom is -0.334 e. The lowest BCUT2D eigenvalue weighted by Crippen LogP contribution is -2.15. The average molecular weight is 500 g/mol. The van der Waals surface area contributed by atoms with Gasteiger partial charge in [-0.1, -0.05) is 17.3 Å². The molecule has 0 aliphatic carbocycles. The Morgan fingerprint density at radius 3 is 2.29 bits per heavy atom. The van der Waals surface area contributed by atoms with Crippen LogP contribution in [0.2, 0.25) is 0 Å². The van der Waals surface area contributed by atoms with Crippen LogP contribution in [-0.4, -0.2) is 14.7 Å². The predicted octanol–water partition coefficient (Wildman–Crippen LogP) is 7.44. The Kier molecular flexibility index (Phi) is 5.58. The van der Waals surface area contributed by atoms with Gasteiger partial charge in [-0.05, 0) is 30.3 Å². The highest BCUT2D eigenvalue weighted by atomic mass is 19.4. The van der Waals surface area contributed by atoms with Crippen molar-refractivity contribution >= 4 is 16.6 Å². The van der Waals surface area contributed by atoms with E-state index in [1.54, 1.807) is 0 Å². The molecule has 0 fully saturated rings. The lowest BCUT2D eigenvalue weighted by Gasteiger charge is -2.14. The average Bonchev–Trinajstić information content (AvgIpc) is 3.37. The lowest BCUT2D eigenvalue weighted by molar-refractivity contribution is -0.137. The van der Waals surface area contributed by atoms with E-state index in [-0.39, 0.29) is 22.8 Å². The van der Waals surface area contributed by atoms with Gasteiger partial charge < -0.3 is 9.09 Å². The molecule has 0 N–H and O–H groups in total. The van der Waals surface area contributed by atoms with E-state index in [2.05, 4.69) is 15.0 Å². The summed E-state index contributed by atoms with van der Waals surface area (Å²) < 4.78 is 114. The maximum absolute atomic E-state index is 14.4. The first kappa shape index (κ1) is 24.2. The van der Waals surface area contributed by atoms with Crippen molar-refractivity contribution in [1.29, 1.82) is 0 Å². The minimum absolute atomic E-state index is 0.0851. The molecule has 4 rings (SSSR count). The van der Waals surface area contributed by atoms with E-state index in [0.29, 0.717) is 13.0 Å². The predicted molar refractivity (Wildman–Crippen MR) is 107 cm³/mol. The molecule has 0 aliphatic heterocycles. The first-order valence-electron chi connectivity index (χ1n) is 9.69. The number of nitrogens with zero attached hydrogens (tertiary/aromatic N) is 4. The lowest BCUT2D eigenvalue weighted by atomic mass is 10.1. The second-order valence-corrected chi connectivity index (χ2v) is 7.60. The molecule has 0 unspecified atom stereocenters. The van der Waals surface area contributed by atoms with Crippen LogP contribution in [-0.2, 0) is 24.8 Å². The highest BCUT2D eigenvalue weighted by Crippen LogP contribution is 2.44. The Hall–Kier alpha value is -3.95. The normalized spacial score (nSPS) is 12.8. The Balaban J connectivity index is 1.82. The van der Waals surface area contributed by atoms with Crippen molar-refractivity contribution in [3.8, 4) is 11.5 Å². The number of halogens is 8. The Labute approximate surface area is 191 Å². The summed E-state index contributed by atoms with van der Waals surface area (Å²) in [6.45, 7) is 6.93. The molecular weight excluding hydrogens is 488 g/mol. The molecule has 0 atom stereocenters. The summed E-state index contributed by atoms with van der Waals surface area (Å²) in [4.78, 5) is 6.78. The largest absolute Gasteiger partial charge is 0.416 e. The molecule has 4 aromatic rings. The van der Waals surface area contributed by atoms with Crippen LogP contribution in [0.25, 0.3) is 27.2 Å². The molecule has 0 saturated heterocycles. The first-order valence-corrected chi connectivity index (χ1v) is 9.69. The summed E-state index contributed by atoms with van der Waals surface area (Å²) in [6.07, 6.45) is -9.63. The topological polar surface area (TPSA) is 48.2 Å². The van der Waals surface area contributed by atoms with Gasteiger partial charge in [0.1, 0.15) is 0 Å². The van der Waals surface area contributed by atoms with Gasteiger partial charge in [0.05, 0.1) is 29.9 Å². The molecule has 0 bridgehead atoms. The molecule has 0 aliphatic rings. The van der Waals surface area contributed by atoms with Crippen molar-refractivity contribution in [3.05, 3.63) is 76.5 Å². The van der Waals surface area contributed by atoms with E-state index < -0.39 is 52.7 Å². The van der Waals surface area contributed by atoms with Gasteiger partial charge in [-0.25, -0.2) is 13.6 Å². The van der Waals surface area contributed by atoms with E-state index >= 15 is 0 Å². The van der Waals surface area contributed by atoms with Crippen molar-refractivity contribution < 1.29 is 39.6 Å². The van der Waals surface area contributed by atoms with Crippen LogP contribution >= 0.6 is 0 Å². The molecule has 35 heavy (non-hydrogen) atoms. The van der Waals surface area contributed by atoms with Gasteiger partial charge in [0.25, 0.3) is 11.8 Å². The van der Waals surface area contributed by atoms with Gasteiger partial charge >= 0.3 is 12.4 Å². The van der Waals surface area contributed by atoms with Gasteiger partial charge in [-0.2, -0.15) is 31.3 Å². The molecular formula is C22H12F8N4O. The number of aromatic nitrogens is 3. The number of alkyl halides is 8. The Morgan fingerprint density at radius 1 is 0.971 bits per heavy atom. The zero-order chi connectivity index (χ0) is 25.8. The summed E-state index contributed by atoms with van der Waals surface area (Å²) in [7, 11) is 0. The molecule has 0 amide bonds. The van der Waals surface area contributed by atoms with E-state index in [9.17, 15) is 35.1 Å². The van der Waals surface area contributed by atoms with Crippen LogP contribution in [0.15, 0.2) is 47.0 Å². The third kappa shape index (κ3) is 4.55. The molecule has 0 spiro atoms. The van der Waals surface area contributed by atoms with E-state index in [4.69, 9.17) is 11.1 Å². The second-order valence-electron chi connectivity index (χ2n) is 7.60. The summed E-state index contributed by atoms with van der Waals surface area (Å²) in [5.41, 5.74) is -4.23. The fraction of sp³-hybridized carbons (Fsp3) is 0.227. The van der Waals surface area contributed by atoms with Crippen LogP contribution in [0.4, 0.5) is 40.8 Å². The number of hydrogen-bond acceptors (Lipinski definition) is 3. The summed E-state index contributed by atoms with van der Waals surface area (Å²) in [5.74, 6) is -4.19. The van der Waals surface area contributed by atoms with Crippen LogP contribution in [0, 0.1) is 6.57 Å². The third-order valence-corrected chi connectivity index (χ3v) is 5.12. The van der Waals surface area contributed by atoms with Crippen LogP contribution in [0.3, 0.4) is 0 Å². The monoisotopic (exact) mass is 500 g/mol. The first-order chi connectivity index (χ1) is 16.2. The quantitative estimate of drug-likeness (QED) is 0.216. The van der Waals surface area contributed by atoms with E-state index in [0.717, 1.165) is 34.9 Å². The van der Waals surface area contributed by atoms with E-state index in [1.165, 1.54) is 6.07 Å². The molecule has 2 heterocycles. The number of rotatable bonds is 4. The highest BCUT2D eigenvalue weighted by molar-refractivity contribution is 5.90. The number of hydrogen-bond donors (Lipinski definition) is 0. The van der Waals surface area contributed by atoms with Gasteiger partial charge in [0.15, 0.2) is 11.5 Å². The Morgan fingerprint density at radius 2 is 1.69 bits per heavy atom. The van der Waals surface area contributed by atoms with Crippen LogP contribution in [0.1, 0.15) is 29.6 Å². The molecule has 2 aromatic heterocycles. The Bertz CT molecular complexity index is 1450. The molecule has 0 radical (unpaired) electrons. The maximum Gasteiger partial charge on any atom is 0.416 e. The maximum atomic E-state index is 14.4. The standard InChI is InChI=1S/C22H12F8N4O/c1-20(23,24)16-9-13-15(7-6-14(31-2)18(13)22(28,29)30)34(16)10-17-32-19(35-33-17)11-4-3-5-12(8-11)21(25,26)27/h3-9H,10H2,1H3. The van der Waals surface area contributed by atoms with Crippen LogP contribution in [0.5, 0.6) is 0 Å². The smallest absolute Gasteiger partial charge is 0.334 e. The zero-order valence-electron chi connectivity index (χ0n) is 17.5. The minimum atomic E-state index is -4.99. The fourth-order valence-corrected chi connectivity index (χ4v) is 3.65. The van der Waals surface area contributed by atoms with Crippen molar-refractivity contribution in [2.45, 2.75) is 31.7 Å². The number of fused-ring (bicyclic) bond motifs is 1. The summed E-state index contributed by atoms with van der Waals surface area (Å²) in [5, 5.41) is 2.98. The second kappa shape index (κ2) is 8.07. The van der Waals surface area contributed by atoms with Crippen molar-refractivity contribution in [2.24, 2.45) is 0 Å². The molecule has 0 saturated carbocycles. The van der Waals surface area contributed by atoms with Gasteiger partial charge in [0, 0.05) is 23.4 Å². The van der Waals surface area contributed by atoms with Crippen LogP contribution < -0.4 is 0 Å². The van der Waals surface area contributed by atoms with Gasteiger partial charge in [-0.15, -0.1) is 0 Å². The number of benzene rings is 2. The fourth-order valence-electron chi connectivity index (χ4n) is 3.65. The molecule has 182 valence electrons. The molecule has 13 heteroatoms. The SMILES string of the molecule is [C-]#[N+]c1ccc2c(cc(C(C)(F)F)n2Cc2noc(-c3cccc(C(F)(F)F)c3)n2)c1C(F)(F)F. The van der Waals surface area contributed by atoms with Crippen molar-refractivity contribution in [3.63, 3.8) is 0 Å². The van der Waals surface area contributed by atoms with Gasteiger partial charge in [-0.3, -0.25) is 0 Å². The van der Waals surface area contributed by atoms with Gasteiger partial charge in [0.2, 0.25) is 0 Å². The van der Waals surface area contributed by atoms with Crippen molar-refractivity contribution in [1.82, 2.24) is 14.7 Å². The zero-order valence-corrected chi connectivity index (χ0v) is 17.5. The van der Waals surface area contributed by atoms with E-state index in [1.807, 2.05) is 0 Å². The summed E-state index contributed by atoms with van der Waals surface area (Å²) in [6, 6.07) is 6.60. The third-order valence-electron chi connectivity index (χ3n) is 5.12. The molecule has 5 nitrogen and oxygen atoms in total. The summed E-state index contributed by atoms with van der Waals surface area (Å²) >= 11 is 0.